The molecule has 2 heterocycles. The summed E-state index contributed by atoms with van der Waals surface area (Å²) in [5.74, 6) is 1.54. The van der Waals surface area contributed by atoms with E-state index in [0.29, 0.717) is 11.4 Å². The van der Waals surface area contributed by atoms with Gasteiger partial charge in [0.25, 0.3) is 0 Å². The van der Waals surface area contributed by atoms with E-state index >= 15 is 0 Å². The van der Waals surface area contributed by atoms with Crippen LogP contribution >= 0.6 is 22.9 Å². The number of hydrogen-bond donors (Lipinski definition) is 0. The zero-order chi connectivity index (χ0) is 14.7. The van der Waals surface area contributed by atoms with Crippen LogP contribution in [0, 0.1) is 11.3 Å². The molecule has 1 aromatic carbocycles. The number of hydrogen-bond acceptors (Lipinski definition) is 3. The Hall–Kier alpha value is -1.83. The van der Waals surface area contributed by atoms with Crippen molar-refractivity contribution >= 4 is 34.0 Å². The zero-order valence-corrected chi connectivity index (χ0v) is 13.0. The van der Waals surface area contributed by atoms with Crippen LogP contribution in [0.15, 0.2) is 35.0 Å². The van der Waals surface area contributed by atoms with Crippen LogP contribution in [0.1, 0.15) is 17.0 Å². The summed E-state index contributed by atoms with van der Waals surface area (Å²) in [6.45, 7) is 0.855. The molecule has 0 radical (unpaired) electrons. The molecule has 3 rings (SSSR count). The van der Waals surface area contributed by atoms with E-state index in [1.165, 1.54) is 5.56 Å². The Morgan fingerprint density at radius 2 is 2.19 bits per heavy atom. The van der Waals surface area contributed by atoms with Crippen LogP contribution in [0.25, 0.3) is 11.0 Å². The van der Waals surface area contributed by atoms with E-state index < -0.39 is 0 Å². The van der Waals surface area contributed by atoms with Crippen LogP contribution in [0.2, 0.25) is 0 Å². The highest BCUT2D eigenvalue weighted by Crippen LogP contribution is 2.20. The minimum Gasteiger partial charge on any atom is -0.328 e. The van der Waals surface area contributed by atoms with E-state index in [-0.39, 0.29) is 0 Å². The fraction of sp³-hybridized carbons (Fsp3) is 0.250. The van der Waals surface area contributed by atoms with Crippen molar-refractivity contribution in [3.8, 4) is 6.07 Å². The molecule has 0 spiro atoms. The Labute approximate surface area is 132 Å². The highest BCUT2D eigenvalue weighted by Gasteiger charge is 2.11. The second-order valence-electron chi connectivity index (χ2n) is 4.82. The van der Waals surface area contributed by atoms with E-state index in [4.69, 9.17) is 16.9 Å². The lowest BCUT2D eigenvalue weighted by molar-refractivity contribution is 0.676. The summed E-state index contributed by atoms with van der Waals surface area (Å²) in [5, 5.41) is 13.3. The van der Waals surface area contributed by atoms with Crippen molar-refractivity contribution in [1.29, 1.82) is 5.26 Å². The second-order valence-corrected chi connectivity index (χ2v) is 5.97. The van der Waals surface area contributed by atoms with E-state index in [1.54, 1.807) is 11.3 Å². The normalized spacial score (nSPS) is 10.9. The van der Waals surface area contributed by atoms with Gasteiger partial charge in [0, 0.05) is 18.8 Å². The van der Waals surface area contributed by atoms with E-state index in [0.717, 1.165) is 36.2 Å². The molecule has 3 nitrogen and oxygen atoms in total. The lowest BCUT2D eigenvalue weighted by Gasteiger charge is -2.08. The predicted molar refractivity (Wildman–Crippen MR) is 86.9 cm³/mol. The molecule has 106 valence electrons. The van der Waals surface area contributed by atoms with Crippen molar-refractivity contribution in [2.45, 2.75) is 19.4 Å². The molecule has 21 heavy (non-hydrogen) atoms. The summed E-state index contributed by atoms with van der Waals surface area (Å²) in [6.07, 6.45) is 1.70. The van der Waals surface area contributed by atoms with Crippen molar-refractivity contribution in [2.75, 3.05) is 5.88 Å². The number of aromatic nitrogens is 2. The van der Waals surface area contributed by atoms with Crippen molar-refractivity contribution in [3.63, 3.8) is 0 Å². The van der Waals surface area contributed by atoms with E-state index in [1.807, 2.05) is 18.2 Å². The molecule has 3 aromatic rings. The van der Waals surface area contributed by atoms with Gasteiger partial charge < -0.3 is 4.57 Å². The molecular formula is C16H14ClN3S. The Kier molecular flexibility index (Phi) is 4.23. The first-order valence-electron chi connectivity index (χ1n) is 6.78. The molecule has 0 bridgehead atoms. The van der Waals surface area contributed by atoms with Crippen LogP contribution in [-0.4, -0.2) is 15.4 Å². The first kappa shape index (κ1) is 14.1. The molecule has 0 aliphatic rings. The summed E-state index contributed by atoms with van der Waals surface area (Å²) in [5.41, 5.74) is 3.94. The zero-order valence-electron chi connectivity index (χ0n) is 11.4. The lowest BCUT2D eigenvalue weighted by atomic mass is 10.2. The maximum atomic E-state index is 9.08. The quantitative estimate of drug-likeness (QED) is 0.668. The summed E-state index contributed by atoms with van der Waals surface area (Å²) in [7, 11) is 0. The minimum atomic E-state index is 0.548. The molecule has 0 N–H and O–H groups in total. The third-order valence-corrected chi connectivity index (χ3v) is 4.40. The fourth-order valence-electron chi connectivity index (χ4n) is 2.44. The van der Waals surface area contributed by atoms with Gasteiger partial charge in [-0.25, -0.2) is 4.98 Å². The average molecular weight is 316 g/mol. The Bertz CT molecular complexity index is 784. The third kappa shape index (κ3) is 2.94. The maximum Gasteiger partial charge on any atom is 0.111 e. The van der Waals surface area contributed by atoms with Gasteiger partial charge in [-0.3, -0.25) is 0 Å². The van der Waals surface area contributed by atoms with Crippen LogP contribution in [-0.2, 0) is 19.4 Å². The number of fused-ring (bicyclic) bond motifs is 1. The summed E-state index contributed by atoms with van der Waals surface area (Å²) in [4.78, 5) is 4.65. The van der Waals surface area contributed by atoms with Gasteiger partial charge in [0.15, 0.2) is 0 Å². The lowest BCUT2D eigenvalue weighted by Crippen LogP contribution is -2.06. The number of halogens is 1. The summed E-state index contributed by atoms with van der Waals surface area (Å²) < 4.78 is 2.19. The number of nitriles is 1. The van der Waals surface area contributed by atoms with Gasteiger partial charge in [0.1, 0.15) is 5.82 Å². The predicted octanol–water partition coefficient (Wildman–Crippen LogP) is 3.99. The van der Waals surface area contributed by atoms with Crippen molar-refractivity contribution in [1.82, 2.24) is 9.55 Å². The van der Waals surface area contributed by atoms with E-state index in [9.17, 15) is 0 Å². The van der Waals surface area contributed by atoms with Gasteiger partial charge in [-0.2, -0.15) is 16.6 Å². The highest BCUT2D eigenvalue weighted by molar-refractivity contribution is 7.07. The molecule has 0 saturated carbocycles. The monoisotopic (exact) mass is 315 g/mol. The average Bonchev–Trinajstić information content (AvgIpc) is 3.12. The van der Waals surface area contributed by atoms with Crippen molar-refractivity contribution < 1.29 is 0 Å². The van der Waals surface area contributed by atoms with Crippen LogP contribution in [0.3, 0.4) is 0 Å². The molecule has 0 aliphatic carbocycles. The van der Waals surface area contributed by atoms with Crippen LogP contribution in [0.4, 0.5) is 0 Å². The molecular weight excluding hydrogens is 302 g/mol. The van der Waals surface area contributed by atoms with Gasteiger partial charge in [-0.15, -0.1) is 11.6 Å². The van der Waals surface area contributed by atoms with Crippen LogP contribution in [0.5, 0.6) is 0 Å². The van der Waals surface area contributed by atoms with Crippen molar-refractivity contribution in [2.24, 2.45) is 0 Å². The first-order chi connectivity index (χ1) is 10.3. The van der Waals surface area contributed by atoms with Gasteiger partial charge in [0.2, 0.25) is 0 Å². The summed E-state index contributed by atoms with van der Waals surface area (Å²) in [6, 6.07) is 9.96. The SMILES string of the molecule is N#Cc1ccc2nc(CCCl)n(CCc3ccsc3)c2c1. The number of thiophene rings is 1. The van der Waals surface area contributed by atoms with Gasteiger partial charge >= 0.3 is 0 Å². The number of nitrogens with zero attached hydrogens (tertiary/aromatic N) is 3. The standard InChI is InChI=1S/C16H14ClN3S/c17-6-3-16-19-14-2-1-13(10-18)9-15(14)20(16)7-4-12-5-8-21-11-12/h1-2,5,8-9,11H,3-4,6-7H2. The fourth-order valence-corrected chi connectivity index (χ4v) is 3.32. The number of imidazole rings is 1. The maximum absolute atomic E-state index is 9.08. The number of rotatable bonds is 5. The molecule has 0 saturated heterocycles. The Balaban J connectivity index is 1.99. The van der Waals surface area contributed by atoms with Gasteiger partial charge in [0.05, 0.1) is 22.7 Å². The van der Waals surface area contributed by atoms with Crippen LogP contribution < -0.4 is 0 Å². The molecule has 5 heteroatoms. The highest BCUT2D eigenvalue weighted by atomic mass is 35.5. The number of alkyl halides is 1. The minimum absolute atomic E-state index is 0.548. The molecule has 0 fully saturated rings. The molecule has 0 atom stereocenters. The molecule has 2 aromatic heterocycles. The smallest absolute Gasteiger partial charge is 0.111 e. The molecule has 0 amide bonds. The largest absolute Gasteiger partial charge is 0.328 e. The first-order valence-corrected chi connectivity index (χ1v) is 8.26. The number of benzene rings is 1. The van der Waals surface area contributed by atoms with Gasteiger partial charge in [-0.05, 0) is 47.0 Å². The molecule has 0 aliphatic heterocycles. The second kappa shape index (κ2) is 6.30. The van der Waals surface area contributed by atoms with E-state index in [2.05, 4.69) is 32.4 Å². The van der Waals surface area contributed by atoms with Crippen molar-refractivity contribution in [3.05, 3.63) is 52.0 Å². The molecule has 0 unspecified atom stereocenters. The number of aryl methyl sites for hydroxylation is 3. The third-order valence-electron chi connectivity index (χ3n) is 3.48. The Morgan fingerprint density at radius 3 is 2.90 bits per heavy atom. The summed E-state index contributed by atoms with van der Waals surface area (Å²) >= 11 is 7.60. The Morgan fingerprint density at radius 1 is 1.29 bits per heavy atom. The topological polar surface area (TPSA) is 41.6 Å². The van der Waals surface area contributed by atoms with Gasteiger partial charge in [-0.1, -0.05) is 0 Å².